The van der Waals surface area contributed by atoms with Gasteiger partial charge in [-0.05, 0) is 62.7 Å². The van der Waals surface area contributed by atoms with E-state index in [2.05, 4.69) is 19.1 Å². The van der Waals surface area contributed by atoms with Crippen molar-refractivity contribution >= 4 is 17.6 Å². The molecule has 2 aliphatic rings. The van der Waals surface area contributed by atoms with Gasteiger partial charge < -0.3 is 15.3 Å². The summed E-state index contributed by atoms with van der Waals surface area (Å²) in [4.78, 5) is 10.5. The zero-order valence-electron chi connectivity index (χ0n) is 16.4. The summed E-state index contributed by atoms with van der Waals surface area (Å²) < 4.78 is 0. The highest BCUT2D eigenvalue weighted by Crippen LogP contribution is 2.47. The number of alkyl halides is 1. The van der Waals surface area contributed by atoms with Gasteiger partial charge in [-0.1, -0.05) is 37.6 Å². The maximum atomic E-state index is 10.5. The van der Waals surface area contributed by atoms with Crippen molar-refractivity contribution < 1.29 is 20.1 Å². The van der Waals surface area contributed by atoms with Crippen LogP contribution < -0.4 is 0 Å². The van der Waals surface area contributed by atoms with E-state index < -0.39 is 12.1 Å². The van der Waals surface area contributed by atoms with Gasteiger partial charge in [-0.2, -0.15) is 0 Å². The monoisotopic (exact) mass is 398 g/mol. The quantitative estimate of drug-likeness (QED) is 0.268. The molecule has 0 radical (unpaired) electrons. The molecule has 0 bridgehead atoms. The van der Waals surface area contributed by atoms with E-state index in [1.165, 1.54) is 6.42 Å². The summed E-state index contributed by atoms with van der Waals surface area (Å²) in [6, 6.07) is 0. The Balaban J connectivity index is 1.83. The molecule has 2 aliphatic carbocycles. The summed E-state index contributed by atoms with van der Waals surface area (Å²) >= 11 is 6.46. The van der Waals surface area contributed by atoms with Crippen molar-refractivity contribution in [3.63, 3.8) is 0 Å². The number of allylic oxidation sites excluding steroid dienone is 2. The molecule has 0 aliphatic heterocycles. The van der Waals surface area contributed by atoms with Crippen LogP contribution >= 0.6 is 11.6 Å². The van der Waals surface area contributed by atoms with Gasteiger partial charge >= 0.3 is 5.97 Å². The minimum absolute atomic E-state index is 0.0161. The van der Waals surface area contributed by atoms with Gasteiger partial charge in [-0.15, -0.1) is 11.6 Å². The fourth-order valence-electron chi connectivity index (χ4n) is 4.58. The predicted octanol–water partition coefficient (Wildman–Crippen LogP) is 4.68. The van der Waals surface area contributed by atoms with E-state index >= 15 is 0 Å². The lowest BCUT2D eigenvalue weighted by atomic mass is 9.63. The second-order valence-electron chi connectivity index (χ2n) is 8.30. The van der Waals surface area contributed by atoms with E-state index in [9.17, 15) is 15.0 Å². The van der Waals surface area contributed by atoms with E-state index in [1.54, 1.807) is 0 Å². The van der Waals surface area contributed by atoms with Crippen molar-refractivity contribution in [1.29, 1.82) is 0 Å². The van der Waals surface area contributed by atoms with Crippen molar-refractivity contribution in [1.82, 2.24) is 0 Å². The number of hydrogen-bond donors (Lipinski definition) is 3. The molecule has 3 N–H and O–H groups in total. The first-order chi connectivity index (χ1) is 12.9. The molecule has 0 saturated heterocycles. The van der Waals surface area contributed by atoms with Crippen molar-refractivity contribution in [2.24, 2.45) is 17.3 Å². The zero-order valence-corrected chi connectivity index (χ0v) is 17.2. The first-order valence-electron chi connectivity index (χ1n) is 10.4. The van der Waals surface area contributed by atoms with Crippen LogP contribution in [0.25, 0.3) is 0 Å². The lowest BCUT2D eigenvalue weighted by Crippen LogP contribution is -2.40. The van der Waals surface area contributed by atoms with E-state index in [0.717, 1.165) is 32.1 Å². The molecule has 5 atom stereocenters. The number of carbonyl (C=O) groups is 1. The van der Waals surface area contributed by atoms with Gasteiger partial charge in [0.2, 0.25) is 0 Å². The molecule has 2 saturated carbocycles. The van der Waals surface area contributed by atoms with E-state index in [4.69, 9.17) is 16.7 Å². The molecule has 27 heavy (non-hydrogen) atoms. The molecular formula is C22H35ClO4. The Hall–Kier alpha value is -0.840. The second kappa shape index (κ2) is 10.6. The fourth-order valence-corrected chi connectivity index (χ4v) is 5.03. The molecular weight excluding hydrogens is 364 g/mol. The number of rotatable bonds is 11. The number of aliphatic hydroxyl groups is 2. The summed E-state index contributed by atoms with van der Waals surface area (Å²) in [6.45, 7) is 2.16. The van der Waals surface area contributed by atoms with Crippen LogP contribution in [0.5, 0.6) is 0 Å². The average Bonchev–Trinajstić information content (AvgIpc) is 2.84. The molecule has 0 aromatic rings. The van der Waals surface area contributed by atoms with E-state index in [0.29, 0.717) is 19.3 Å². The number of aliphatic carboxylic acids is 1. The molecule has 1 unspecified atom stereocenters. The third-order valence-electron chi connectivity index (χ3n) is 6.68. The summed E-state index contributed by atoms with van der Waals surface area (Å²) in [7, 11) is 0. The highest BCUT2D eigenvalue weighted by Gasteiger charge is 2.42. The van der Waals surface area contributed by atoms with Crippen LogP contribution in [0.15, 0.2) is 24.3 Å². The highest BCUT2D eigenvalue weighted by atomic mass is 35.5. The van der Waals surface area contributed by atoms with Gasteiger partial charge in [0.1, 0.15) is 0 Å². The van der Waals surface area contributed by atoms with Crippen molar-refractivity contribution in [2.45, 2.75) is 88.7 Å². The first-order valence-corrected chi connectivity index (χ1v) is 10.9. The molecule has 0 spiro atoms. The topological polar surface area (TPSA) is 77.8 Å². The lowest BCUT2D eigenvalue weighted by molar-refractivity contribution is -0.137. The number of aliphatic hydroxyl groups excluding tert-OH is 2. The van der Waals surface area contributed by atoms with Crippen molar-refractivity contribution in [2.75, 3.05) is 0 Å². The number of carboxylic acids is 1. The highest BCUT2D eigenvalue weighted by molar-refractivity contribution is 6.21. The molecule has 2 fully saturated rings. The van der Waals surface area contributed by atoms with Crippen LogP contribution in [0.2, 0.25) is 0 Å². The third-order valence-corrected chi connectivity index (χ3v) is 7.19. The summed E-state index contributed by atoms with van der Waals surface area (Å²) in [5.74, 6) is -0.570. The number of unbranched alkanes of at least 4 members (excludes halogenated alkanes) is 1. The van der Waals surface area contributed by atoms with Gasteiger partial charge in [-0.3, -0.25) is 4.79 Å². The van der Waals surface area contributed by atoms with Gasteiger partial charge in [0, 0.05) is 17.7 Å². The van der Waals surface area contributed by atoms with Crippen LogP contribution in [0.4, 0.5) is 0 Å². The molecule has 2 rings (SSSR count). The van der Waals surface area contributed by atoms with Crippen molar-refractivity contribution in [3.8, 4) is 0 Å². The minimum atomic E-state index is -0.762. The van der Waals surface area contributed by atoms with Gasteiger partial charge in [0.15, 0.2) is 0 Å². The maximum Gasteiger partial charge on any atom is 0.303 e. The summed E-state index contributed by atoms with van der Waals surface area (Å²) in [5, 5.41) is 29.5. The SMILES string of the molecule is CCC1(C(O)CC=C[C@@H]2[C@@H](CC=CCCCC(=O)O)[C@@H](Cl)C[C@H]2O)CCC1. The molecule has 0 aromatic heterocycles. The van der Waals surface area contributed by atoms with Gasteiger partial charge in [0.25, 0.3) is 0 Å². The third kappa shape index (κ3) is 6.07. The Kier molecular flexibility index (Phi) is 8.84. The molecule has 0 aromatic carbocycles. The molecule has 0 amide bonds. The molecule has 4 nitrogen and oxygen atoms in total. The van der Waals surface area contributed by atoms with Crippen LogP contribution in [-0.2, 0) is 4.79 Å². The van der Waals surface area contributed by atoms with Crippen LogP contribution in [-0.4, -0.2) is 38.9 Å². The van der Waals surface area contributed by atoms with E-state index in [1.807, 2.05) is 12.2 Å². The van der Waals surface area contributed by atoms with Crippen molar-refractivity contribution in [3.05, 3.63) is 24.3 Å². The Morgan fingerprint density at radius 2 is 2.04 bits per heavy atom. The fraction of sp³-hybridized carbons (Fsp3) is 0.773. The second-order valence-corrected chi connectivity index (χ2v) is 8.86. The Labute approximate surface area is 168 Å². The standard InChI is InChI=1S/C22H35ClO4/c1-2-22(13-8-14-22)20(25)11-7-10-17-16(18(23)15-19(17)24)9-5-3-4-6-12-21(26)27/h3,5,7,10,16-20,24-25H,2,4,6,8-9,11-15H2,1H3,(H,26,27)/t16-,17-,18+,19-,20?/m1/s1. The number of hydrogen-bond acceptors (Lipinski definition) is 3. The van der Waals surface area contributed by atoms with Gasteiger partial charge in [-0.25, -0.2) is 0 Å². The summed E-state index contributed by atoms with van der Waals surface area (Å²) in [6.07, 6.45) is 15.5. The zero-order chi connectivity index (χ0) is 19.9. The number of halogens is 1. The Morgan fingerprint density at radius 1 is 1.30 bits per heavy atom. The molecule has 0 heterocycles. The minimum Gasteiger partial charge on any atom is -0.481 e. The molecule has 5 heteroatoms. The van der Waals surface area contributed by atoms with E-state index in [-0.39, 0.29) is 35.2 Å². The predicted molar refractivity (Wildman–Crippen MR) is 109 cm³/mol. The first kappa shape index (κ1) is 22.4. The lowest BCUT2D eigenvalue weighted by Gasteiger charge is -2.45. The van der Waals surface area contributed by atoms with Crippen LogP contribution in [0.3, 0.4) is 0 Å². The van der Waals surface area contributed by atoms with Crippen LogP contribution in [0, 0.1) is 17.3 Å². The van der Waals surface area contributed by atoms with Crippen LogP contribution in [0.1, 0.15) is 71.1 Å². The molecule has 154 valence electrons. The summed E-state index contributed by atoms with van der Waals surface area (Å²) in [5.41, 5.74) is 0.103. The average molecular weight is 399 g/mol. The maximum absolute atomic E-state index is 10.5. The normalized spacial score (nSPS) is 31.4. The Morgan fingerprint density at radius 3 is 2.63 bits per heavy atom. The largest absolute Gasteiger partial charge is 0.481 e. The smallest absolute Gasteiger partial charge is 0.303 e. The Bertz CT molecular complexity index is 521. The number of carboxylic acid groups (broad SMARTS) is 1. The van der Waals surface area contributed by atoms with Gasteiger partial charge in [0.05, 0.1) is 12.2 Å².